The highest BCUT2D eigenvalue weighted by molar-refractivity contribution is 5.74. The van der Waals surface area contributed by atoms with Crippen molar-refractivity contribution in [3.05, 3.63) is 24.3 Å². The summed E-state index contributed by atoms with van der Waals surface area (Å²) in [7, 11) is 1.71. The number of nitrogens with zero attached hydrogens (tertiary/aromatic N) is 2. The standard InChI is InChI=1S/C19H29N3O2/c1-15-7-5-6-11-22(15)19(23)20-13-16-10-12-21(14-16)17-8-3-4-9-18(17)24-2/h3-4,8-9,15-16H,5-7,10-14H2,1-2H3,(H,20,23). The molecule has 0 spiro atoms. The predicted molar refractivity (Wildman–Crippen MR) is 96.7 cm³/mol. The van der Waals surface area contributed by atoms with Gasteiger partial charge in [0.15, 0.2) is 0 Å². The molecule has 2 atom stereocenters. The Balaban J connectivity index is 1.50. The van der Waals surface area contributed by atoms with Gasteiger partial charge in [0.05, 0.1) is 12.8 Å². The minimum absolute atomic E-state index is 0.109. The Bertz CT molecular complexity index is 563. The van der Waals surface area contributed by atoms with E-state index >= 15 is 0 Å². The summed E-state index contributed by atoms with van der Waals surface area (Å²) in [5.74, 6) is 1.42. The molecule has 0 bridgehead atoms. The summed E-state index contributed by atoms with van der Waals surface area (Å²) in [5.41, 5.74) is 1.15. The second kappa shape index (κ2) is 7.77. The first-order chi connectivity index (χ1) is 11.7. The van der Waals surface area contributed by atoms with E-state index in [9.17, 15) is 4.79 Å². The molecule has 1 aromatic rings. The Morgan fingerprint density at radius 1 is 1.25 bits per heavy atom. The zero-order valence-corrected chi connectivity index (χ0v) is 14.8. The topological polar surface area (TPSA) is 44.8 Å². The van der Waals surface area contributed by atoms with Gasteiger partial charge in [-0.3, -0.25) is 0 Å². The van der Waals surface area contributed by atoms with Crippen molar-refractivity contribution in [3.8, 4) is 5.75 Å². The average molecular weight is 331 g/mol. The van der Waals surface area contributed by atoms with Crippen LogP contribution in [0.25, 0.3) is 0 Å². The molecule has 1 aromatic carbocycles. The molecular weight excluding hydrogens is 302 g/mol. The number of urea groups is 1. The molecule has 2 heterocycles. The van der Waals surface area contributed by atoms with Gasteiger partial charge in [-0.05, 0) is 50.7 Å². The number of carbonyl (C=O) groups is 1. The smallest absolute Gasteiger partial charge is 0.317 e. The molecular formula is C19H29N3O2. The van der Waals surface area contributed by atoms with Crippen LogP contribution in [0.2, 0.25) is 0 Å². The number of ether oxygens (including phenoxy) is 1. The zero-order chi connectivity index (χ0) is 16.9. The van der Waals surface area contributed by atoms with Crippen LogP contribution in [0.3, 0.4) is 0 Å². The SMILES string of the molecule is COc1ccccc1N1CCC(CNC(=O)N2CCCCC2C)C1. The molecule has 2 fully saturated rings. The van der Waals surface area contributed by atoms with Crippen LogP contribution in [0, 0.1) is 5.92 Å². The van der Waals surface area contributed by atoms with E-state index in [0.29, 0.717) is 12.0 Å². The second-order valence-corrected chi connectivity index (χ2v) is 7.00. The predicted octanol–water partition coefficient (Wildman–Crippen LogP) is 3.11. The van der Waals surface area contributed by atoms with Crippen molar-refractivity contribution < 1.29 is 9.53 Å². The summed E-state index contributed by atoms with van der Waals surface area (Å²) in [6.45, 7) is 5.79. The molecule has 0 aliphatic carbocycles. The van der Waals surface area contributed by atoms with Gasteiger partial charge in [-0.15, -0.1) is 0 Å². The molecule has 1 N–H and O–H groups in total. The Labute approximate surface area is 145 Å². The summed E-state index contributed by atoms with van der Waals surface area (Å²) >= 11 is 0. The zero-order valence-electron chi connectivity index (χ0n) is 14.8. The Morgan fingerprint density at radius 2 is 2.08 bits per heavy atom. The Kier molecular flexibility index (Phi) is 5.48. The van der Waals surface area contributed by atoms with Gasteiger partial charge in [-0.2, -0.15) is 0 Å². The van der Waals surface area contributed by atoms with E-state index < -0.39 is 0 Å². The number of piperidine rings is 1. The monoisotopic (exact) mass is 331 g/mol. The summed E-state index contributed by atoms with van der Waals surface area (Å²) in [6.07, 6.45) is 4.59. The molecule has 2 saturated heterocycles. The quantitative estimate of drug-likeness (QED) is 0.922. The van der Waals surface area contributed by atoms with E-state index in [1.165, 1.54) is 6.42 Å². The third kappa shape index (κ3) is 3.77. The lowest BCUT2D eigenvalue weighted by Gasteiger charge is -2.33. The Hall–Kier alpha value is -1.91. The molecule has 2 aliphatic heterocycles. The fourth-order valence-electron chi connectivity index (χ4n) is 3.84. The number of rotatable bonds is 4. The minimum atomic E-state index is 0.109. The number of anilines is 1. The number of nitrogens with one attached hydrogen (secondary N) is 1. The van der Waals surface area contributed by atoms with Crippen molar-refractivity contribution in [3.63, 3.8) is 0 Å². The van der Waals surface area contributed by atoms with E-state index in [1.54, 1.807) is 7.11 Å². The normalized spacial score (nSPS) is 24.1. The highest BCUT2D eigenvalue weighted by atomic mass is 16.5. The van der Waals surface area contributed by atoms with E-state index in [0.717, 1.165) is 56.9 Å². The van der Waals surface area contributed by atoms with Gasteiger partial charge in [-0.25, -0.2) is 4.79 Å². The van der Waals surface area contributed by atoms with Gasteiger partial charge in [0, 0.05) is 32.2 Å². The second-order valence-electron chi connectivity index (χ2n) is 7.00. The molecule has 2 aliphatic rings. The van der Waals surface area contributed by atoms with Crippen LogP contribution in [0.5, 0.6) is 5.75 Å². The van der Waals surface area contributed by atoms with Crippen LogP contribution >= 0.6 is 0 Å². The summed E-state index contributed by atoms with van der Waals surface area (Å²) in [6, 6.07) is 8.63. The fraction of sp³-hybridized carbons (Fsp3) is 0.632. The lowest BCUT2D eigenvalue weighted by Crippen LogP contribution is -2.48. The molecule has 2 amide bonds. The Morgan fingerprint density at radius 3 is 2.88 bits per heavy atom. The van der Waals surface area contributed by atoms with Crippen molar-refractivity contribution >= 4 is 11.7 Å². The summed E-state index contributed by atoms with van der Waals surface area (Å²) < 4.78 is 5.46. The van der Waals surface area contributed by atoms with Gasteiger partial charge in [0.2, 0.25) is 0 Å². The lowest BCUT2D eigenvalue weighted by molar-refractivity contribution is 0.157. The first-order valence-corrected chi connectivity index (χ1v) is 9.11. The molecule has 5 heteroatoms. The highest BCUT2D eigenvalue weighted by Crippen LogP contribution is 2.31. The number of benzene rings is 1. The summed E-state index contributed by atoms with van der Waals surface area (Å²) in [4.78, 5) is 16.8. The maximum absolute atomic E-state index is 12.4. The van der Waals surface area contributed by atoms with Crippen molar-refractivity contribution in [2.75, 3.05) is 38.2 Å². The molecule has 0 saturated carbocycles. The maximum Gasteiger partial charge on any atom is 0.317 e. The number of carbonyl (C=O) groups excluding carboxylic acids is 1. The van der Waals surface area contributed by atoms with E-state index in [1.807, 2.05) is 23.1 Å². The van der Waals surface area contributed by atoms with Gasteiger partial charge >= 0.3 is 6.03 Å². The van der Waals surface area contributed by atoms with Crippen molar-refractivity contribution in [1.29, 1.82) is 0 Å². The van der Waals surface area contributed by atoms with Crippen molar-refractivity contribution in [1.82, 2.24) is 10.2 Å². The van der Waals surface area contributed by atoms with E-state index in [2.05, 4.69) is 23.2 Å². The highest BCUT2D eigenvalue weighted by Gasteiger charge is 2.27. The molecule has 24 heavy (non-hydrogen) atoms. The molecule has 2 unspecified atom stereocenters. The maximum atomic E-state index is 12.4. The minimum Gasteiger partial charge on any atom is -0.495 e. The first-order valence-electron chi connectivity index (χ1n) is 9.11. The molecule has 0 radical (unpaired) electrons. The van der Waals surface area contributed by atoms with Crippen LogP contribution in [0.1, 0.15) is 32.6 Å². The van der Waals surface area contributed by atoms with Crippen LogP contribution in [0.15, 0.2) is 24.3 Å². The summed E-state index contributed by atoms with van der Waals surface area (Å²) in [5, 5.41) is 3.15. The largest absolute Gasteiger partial charge is 0.495 e. The molecule has 3 rings (SSSR count). The van der Waals surface area contributed by atoms with Crippen molar-refractivity contribution in [2.45, 2.75) is 38.6 Å². The number of hydrogen-bond acceptors (Lipinski definition) is 3. The number of hydrogen-bond donors (Lipinski definition) is 1. The molecule has 132 valence electrons. The number of likely N-dealkylation sites (tertiary alicyclic amines) is 1. The molecule has 0 aromatic heterocycles. The van der Waals surface area contributed by atoms with Gasteiger partial charge < -0.3 is 19.9 Å². The number of methoxy groups -OCH3 is 1. The third-order valence-electron chi connectivity index (χ3n) is 5.32. The average Bonchev–Trinajstić information content (AvgIpc) is 3.09. The lowest BCUT2D eigenvalue weighted by atomic mass is 10.0. The first kappa shape index (κ1) is 16.9. The van der Waals surface area contributed by atoms with Crippen LogP contribution < -0.4 is 15.0 Å². The van der Waals surface area contributed by atoms with Gasteiger partial charge in [-0.1, -0.05) is 12.1 Å². The van der Waals surface area contributed by atoms with E-state index in [-0.39, 0.29) is 6.03 Å². The fourth-order valence-corrected chi connectivity index (χ4v) is 3.84. The van der Waals surface area contributed by atoms with Crippen LogP contribution in [0.4, 0.5) is 10.5 Å². The van der Waals surface area contributed by atoms with Crippen LogP contribution in [-0.2, 0) is 0 Å². The van der Waals surface area contributed by atoms with Gasteiger partial charge in [0.25, 0.3) is 0 Å². The van der Waals surface area contributed by atoms with Crippen molar-refractivity contribution in [2.24, 2.45) is 5.92 Å². The van der Waals surface area contributed by atoms with E-state index in [4.69, 9.17) is 4.74 Å². The van der Waals surface area contributed by atoms with Gasteiger partial charge in [0.1, 0.15) is 5.75 Å². The molecule has 5 nitrogen and oxygen atoms in total. The number of amides is 2. The number of para-hydroxylation sites is 2. The van der Waals surface area contributed by atoms with Crippen LogP contribution in [-0.4, -0.2) is 50.3 Å². The third-order valence-corrected chi connectivity index (χ3v) is 5.32.